The molecule has 2 fully saturated rings. The molecule has 6 rings (SSSR count). The largest absolute Gasteiger partial charge is 0.310 e. The van der Waals surface area contributed by atoms with E-state index in [-0.39, 0.29) is 5.41 Å². The predicted molar refractivity (Wildman–Crippen MR) is 102 cm³/mol. The Labute approximate surface area is 150 Å². The third-order valence-electron chi connectivity index (χ3n) is 7.60. The maximum atomic E-state index is 4.18. The molecule has 0 aromatic heterocycles. The Balaban J connectivity index is 1.45. The standard InChI is InChI=1S/C24H27N/c1-15(25-23(16-10-11-16)17-12-13-17)24-14-20(18-6-2-4-8-21(18)24)19-7-3-5-9-22(19)24/h2-9,15-17,20,23,25H,10-14H2,1H3. The molecule has 1 unspecified atom stereocenters. The van der Waals surface area contributed by atoms with Gasteiger partial charge in [-0.3, -0.25) is 0 Å². The maximum Gasteiger partial charge on any atom is 0.0368 e. The van der Waals surface area contributed by atoms with Crippen LogP contribution < -0.4 is 5.32 Å². The van der Waals surface area contributed by atoms with Gasteiger partial charge in [0.15, 0.2) is 0 Å². The molecule has 1 N–H and O–H groups in total. The first kappa shape index (κ1) is 14.6. The van der Waals surface area contributed by atoms with Crippen LogP contribution in [0, 0.1) is 11.8 Å². The molecule has 0 heterocycles. The van der Waals surface area contributed by atoms with Crippen LogP contribution in [0.1, 0.15) is 67.2 Å². The van der Waals surface area contributed by atoms with Crippen LogP contribution in [0.2, 0.25) is 0 Å². The van der Waals surface area contributed by atoms with Gasteiger partial charge in [-0.1, -0.05) is 48.5 Å². The summed E-state index contributed by atoms with van der Waals surface area (Å²) in [4.78, 5) is 0. The highest BCUT2D eigenvalue weighted by Crippen LogP contribution is 2.61. The second-order valence-corrected chi connectivity index (χ2v) is 8.99. The summed E-state index contributed by atoms with van der Waals surface area (Å²) in [6.45, 7) is 2.47. The summed E-state index contributed by atoms with van der Waals surface area (Å²) < 4.78 is 0. The third-order valence-corrected chi connectivity index (χ3v) is 7.60. The van der Waals surface area contributed by atoms with E-state index < -0.39 is 0 Å². The third kappa shape index (κ3) is 1.94. The van der Waals surface area contributed by atoms with Crippen LogP contribution in [0.3, 0.4) is 0 Å². The van der Waals surface area contributed by atoms with Crippen LogP contribution in [0.25, 0.3) is 0 Å². The molecule has 4 aliphatic rings. The molecular weight excluding hydrogens is 302 g/mol. The zero-order valence-corrected chi connectivity index (χ0v) is 15.0. The molecule has 128 valence electrons. The van der Waals surface area contributed by atoms with E-state index in [4.69, 9.17) is 0 Å². The van der Waals surface area contributed by atoms with Crippen LogP contribution in [0.4, 0.5) is 0 Å². The molecule has 0 amide bonds. The maximum absolute atomic E-state index is 4.18. The summed E-state index contributed by atoms with van der Waals surface area (Å²) in [5, 5.41) is 4.18. The number of rotatable bonds is 5. The van der Waals surface area contributed by atoms with Gasteiger partial charge in [-0.15, -0.1) is 0 Å². The summed E-state index contributed by atoms with van der Waals surface area (Å²) in [6.07, 6.45) is 7.06. The van der Waals surface area contributed by atoms with Crippen molar-refractivity contribution in [3.8, 4) is 0 Å². The highest BCUT2D eigenvalue weighted by Gasteiger charge is 2.56. The Kier molecular flexibility index (Phi) is 2.90. The average molecular weight is 329 g/mol. The topological polar surface area (TPSA) is 12.0 Å². The summed E-state index contributed by atoms with van der Waals surface area (Å²) in [7, 11) is 0. The van der Waals surface area contributed by atoms with Crippen molar-refractivity contribution >= 4 is 0 Å². The minimum absolute atomic E-state index is 0.180. The summed E-state index contributed by atoms with van der Waals surface area (Å²) in [5.41, 5.74) is 6.56. The molecule has 25 heavy (non-hydrogen) atoms. The van der Waals surface area contributed by atoms with Gasteiger partial charge in [0.25, 0.3) is 0 Å². The fraction of sp³-hybridized carbons (Fsp3) is 0.500. The molecule has 0 saturated heterocycles. The summed E-state index contributed by atoms with van der Waals surface area (Å²) >= 11 is 0. The van der Waals surface area contributed by atoms with Gasteiger partial charge in [0.05, 0.1) is 0 Å². The average Bonchev–Trinajstić information content (AvgIpc) is 3.58. The van der Waals surface area contributed by atoms with Crippen molar-refractivity contribution in [3.05, 3.63) is 70.8 Å². The Morgan fingerprint density at radius 1 is 0.840 bits per heavy atom. The van der Waals surface area contributed by atoms with Crippen molar-refractivity contribution in [2.24, 2.45) is 11.8 Å². The fourth-order valence-electron chi connectivity index (χ4n) is 6.13. The summed E-state index contributed by atoms with van der Waals surface area (Å²) in [5.74, 6) is 2.52. The quantitative estimate of drug-likeness (QED) is 0.815. The van der Waals surface area contributed by atoms with Crippen molar-refractivity contribution in [2.75, 3.05) is 0 Å². The van der Waals surface area contributed by atoms with Gasteiger partial charge in [0.1, 0.15) is 0 Å². The Morgan fingerprint density at radius 3 is 1.88 bits per heavy atom. The highest BCUT2D eigenvalue weighted by atomic mass is 15.0. The molecule has 2 bridgehead atoms. The van der Waals surface area contributed by atoms with E-state index in [0.717, 1.165) is 17.9 Å². The molecule has 1 nitrogen and oxygen atoms in total. The number of hydrogen-bond acceptors (Lipinski definition) is 1. The molecule has 4 aliphatic carbocycles. The van der Waals surface area contributed by atoms with Crippen molar-refractivity contribution < 1.29 is 0 Å². The lowest BCUT2D eigenvalue weighted by Crippen LogP contribution is -2.50. The Morgan fingerprint density at radius 2 is 1.36 bits per heavy atom. The van der Waals surface area contributed by atoms with E-state index in [1.54, 1.807) is 22.3 Å². The minimum atomic E-state index is 0.180. The van der Waals surface area contributed by atoms with Crippen molar-refractivity contribution in [2.45, 2.75) is 62.4 Å². The lowest BCUT2D eigenvalue weighted by atomic mass is 9.70. The molecule has 2 aromatic rings. The molecule has 0 spiro atoms. The molecule has 0 radical (unpaired) electrons. The number of hydrogen-bond donors (Lipinski definition) is 1. The number of fused-ring (bicyclic) bond motifs is 8. The zero-order chi connectivity index (χ0) is 16.6. The van der Waals surface area contributed by atoms with E-state index in [1.165, 1.54) is 32.1 Å². The normalized spacial score (nSPS) is 30.4. The molecule has 0 aliphatic heterocycles. The first-order valence-corrected chi connectivity index (χ1v) is 10.2. The van der Waals surface area contributed by atoms with E-state index in [9.17, 15) is 0 Å². The van der Waals surface area contributed by atoms with Gasteiger partial charge in [0, 0.05) is 23.4 Å². The van der Waals surface area contributed by atoms with Crippen LogP contribution in [0.15, 0.2) is 48.5 Å². The SMILES string of the molecule is CC(NC(C1CC1)C1CC1)C12CC(c3ccccc31)c1ccccc12. The van der Waals surface area contributed by atoms with Gasteiger partial charge in [0.2, 0.25) is 0 Å². The van der Waals surface area contributed by atoms with Crippen LogP contribution in [0.5, 0.6) is 0 Å². The van der Waals surface area contributed by atoms with Crippen molar-refractivity contribution in [1.29, 1.82) is 0 Å². The number of benzene rings is 2. The second-order valence-electron chi connectivity index (χ2n) is 8.99. The van der Waals surface area contributed by atoms with Gasteiger partial charge in [-0.2, -0.15) is 0 Å². The zero-order valence-electron chi connectivity index (χ0n) is 15.0. The van der Waals surface area contributed by atoms with Crippen molar-refractivity contribution in [1.82, 2.24) is 5.32 Å². The first-order valence-electron chi connectivity index (χ1n) is 10.2. The van der Waals surface area contributed by atoms with Crippen LogP contribution in [-0.4, -0.2) is 12.1 Å². The lowest BCUT2D eigenvalue weighted by Gasteiger charge is -2.39. The van der Waals surface area contributed by atoms with Crippen LogP contribution in [-0.2, 0) is 5.41 Å². The van der Waals surface area contributed by atoms with Gasteiger partial charge in [-0.25, -0.2) is 0 Å². The predicted octanol–water partition coefficient (Wildman–Crippen LogP) is 4.99. The van der Waals surface area contributed by atoms with Crippen LogP contribution >= 0.6 is 0 Å². The van der Waals surface area contributed by atoms with E-state index in [1.807, 2.05) is 0 Å². The first-order chi connectivity index (χ1) is 12.3. The molecule has 1 heteroatoms. The van der Waals surface area contributed by atoms with Gasteiger partial charge in [-0.05, 0) is 73.1 Å². The lowest BCUT2D eigenvalue weighted by molar-refractivity contribution is 0.297. The Bertz CT molecular complexity index is 770. The van der Waals surface area contributed by atoms with Crippen molar-refractivity contribution in [3.63, 3.8) is 0 Å². The fourth-order valence-corrected chi connectivity index (χ4v) is 6.13. The van der Waals surface area contributed by atoms with Gasteiger partial charge < -0.3 is 5.32 Å². The smallest absolute Gasteiger partial charge is 0.0368 e. The molecule has 2 saturated carbocycles. The monoisotopic (exact) mass is 329 g/mol. The van der Waals surface area contributed by atoms with Gasteiger partial charge >= 0.3 is 0 Å². The summed E-state index contributed by atoms with van der Waals surface area (Å²) in [6, 6.07) is 19.8. The minimum Gasteiger partial charge on any atom is -0.310 e. The molecule has 2 aromatic carbocycles. The molecular formula is C24H27N. The second kappa shape index (κ2) is 4.98. The number of nitrogens with one attached hydrogen (secondary N) is 1. The van der Waals surface area contributed by atoms with E-state index in [2.05, 4.69) is 60.8 Å². The van der Waals surface area contributed by atoms with E-state index in [0.29, 0.717) is 12.0 Å². The highest BCUT2D eigenvalue weighted by molar-refractivity contribution is 5.63. The van der Waals surface area contributed by atoms with E-state index >= 15 is 0 Å². The molecule has 1 atom stereocenters. The Hall–Kier alpha value is -1.60.